The number of benzene rings is 1. The molecule has 0 radical (unpaired) electrons. The van der Waals surface area contributed by atoms with Gasteiger partial charge in [0, 0.05) is 35.3 Å². The fourth-order valence-corrected chi connectivity index (χ4v) is 5.17. The second kappa shape index (κ2) is 8.20. The van der Waals surface area contributed by atoms with Crippen molar-refractivity contribution >= 4 is 33.2 Å². The molecule has 0 aliphatic heterocycles. The molecule has 0 saturated carbocycles. The lowest BCUT2D eigenvalue weighted by Gasteiger charge is -2.07. The summed E-state index contributed by atoms with van der Waals surface area (Å²) in [6.07, 6.45) is 3.41. The Balaban J connectivity index is 1.70. The van der Waals surface area contributed by atoms with Crippen LogP contribution in [0.25, 0.3) is 11.4 Å². The van der Waals surface area contributed by atoms with Gasteiger partial charge in [-0.3, -0.25) is 4.98 Å². The Morgan fingerprint density at radius 2 is 1.77 bits per heavy atom. The average molecular weight is 409 g/mol. The van der Waals surface area contributed by atoms with Crippen LogP contribution in [-0.2, 0) is 16.4 Å². The number of aromatic nitrogens is 4. The highest BCUT2D eigenvalue weighted by Crippen LogP contribution is 2.24. The number of hydrogen-bond donors (Lipinski definition) is 0. The molecule has 0 atom stereocenters. The molecule has 0 amide bonds. The maximum absolute atomic E-state index is 12.4. The van der Waals surface area contributed by atoms with E-state index in [9.17, 15) is 8.42 Å². The quantitative estimate of drug-likeness (QED) is 0.556. The Morgan fingerprint density at radius 1 is 1.08 bits per heavy atom. The third-order valence-corrected chi connectivity index (χ3v) is 6.94. The topological polar surface area (TPSA) is 77.7 Å². The van der Waals surface area contributed by atoms with Gasteiger partial charge < -0.3 is 4.57 Å². The summed E-state index contributed by atoms with van der Waals surface area (Å²) in [5.74, 6) is 1.15. The SMILES string of the molecule is CCn1c(SCCS(=O)(=O)c2ccc(Cl)cc2)nnc1-c1ccncc1. The van der Waals surface area contributed by atoms with E-state index in [0.717, 1.165) is 11.4 Å². The second-order valence-electron chi connectivity index (χ2n) is 5.41. The van der Waals surface area contributed by atoms with E-state index in [-0.39, 0.29) is 10.6 Å². The number of halogens is 1. The summed E-state index contributed by atoms with van der Waals surface area (Å²) in [6, 6.07) is 9.95. The molecule has 136 valence electrons. The molecule has 0 bridgehead atoms. The number of nitrogens with zero attached hydrogens (tertiary/aromatic N) is 4. The Labute approximate surface area is 161 Å². The summed E-state index contributed by atoms with van der Waals surface area (Å²) in [7, 11) is -3.36. The van der Waals surface area contributed by atoms with Crippen LogP contribution in [0.15, 0.2) is 58.8 Å². The maximum atomic E-state index is 12.4. The highest BCUT2D eigenvalue weighted by atomic mass is 35.5. The van der Waals surface area contributed by atoms with Gasteiger partial charge in [0.05, 0.1) is 10.6 Å². The lowest BCUT2D eigenvalue weighted by atomic mass is 10.2. The van der Waals surface area contributed by atoms with Crippen LogP contribution in [0.3, 0.4) is 0 Å². The maximum Gasteiger partial charge on any atom is 0.191 e. The van der Waals surface area contributed by atoms with E-state index in [1.165, 1.54) is 23.9 Å². The Bertz CT molecular complexity index is 974. The van der Waals surface area contributed by atoms with Crippen LogP contribution in [0, 0.1) is 0 Å². The zero-order valence-corrected chi connectivity index (χ0v) is 16.4. The van der Waals surface area contributed by atoms with Gasteiger partial charge in [0.15, 0.2) is 20.8 Å². The zero-order chi connectivity index (χ0) is 18.6. The average Bonchev–Trinajstić information content (AvgIpc) is 3.05. The van der Waals surface area contributed by atoms with E-state index in [0.29, 0.717) is 22.5 Å². The molecule has 0 aliphatic carbocycles. The fourth-order valence-electron chi connectivity index (χ4n) is 2.40. The Morgan fingerprint density at radius 3 is 2.42 bits per heavy atom. The molecule has 0 saturated heterocycles. The van der Waals surface area contributed by atoms with Gasteiger partial charge in [0.25, 0.3) is 0 Å². The normalized spacial score (nSPS) is 11.6. The largest absolute Gasteiger partial charge is 0.302 e. The minimum Gasteiger partial charge on any atom is -0.302 e. The van der Waals surface area contributed by atoms with Crippen molar-refractivity contribution in [3.8, 4) is 11.4 Å². The standard InChI is InChI=1S/C17H17ClN4O2S2/c1-2-22-16(13-7-9-19-10-8-13)20-21-17(22)25-11-12-26(23,24)15-5-3-14(18)4-6-15/h3-10H,2,11-12H2,1H3. The van der Waals surface area contributed by atoms with E-state index < -0.39 is 9.84 Å². The third kappa shape index (κ3) is 4.25. The van der Waals surface area contributed by atoms with Crippen LogP contribution in [-0.4, -0.2) is 39.7 Å². The van der Waals surface area contributed by atoms with Gasteiger partial charge in [-0.1, -0.05) is 23.4 Å². The van der Waals surface area contributed by atoms with E-state index in [2.05, 4.69) is 15.2 Å². The van der Waals surface area contributed by atoms with E-state index >= 15 is 0 Å². The van der Waals surface area contributed by atoms with Crippen LogP contribution in [0.1, 0.15) is 6.92 Å². The van der Waals surface area contributed by atoms with Gasteiger partial charge in [-0.15, -0.1) is 10.2 Å². The summed E-state index contributed by atoms with van der Waals surface area (Å²) in [5.41, 5.74) is 0.926. The summed E-state index contributed by atoms with van der Waals surface area (Å²) < 4.78 is 26.8. The van der Waals surface area contributed by atoms with Crippen LogP contribution in [0.2, 0.25) is 5.02 Å². The minimum absolute atomic E-state index is 0.0143. The van der Waals surface area contributed by atoms with E-state index in [1.54, 1.807) is 24.5 Å². The molecule has 3 aromatic rings. The Hall–Kier alpha value is -1.90. The van der Waals surface area contributed by atoms with Gasteiger partial charge in [-0.25, -0.2) is 8.42 Å². The van der Waals surface area contributed by atoms with Gasteiger partial charge in [0.1, 0.15) is 0 Å². The number of thioether (sulfide) groups is 1. The second-order valence-corrected chi connectivity index (χ2v) is 9.02. The van der Waals surface area contributed by atoms with Crippen molar-refractivity contribution in [1.29, 1.82) is 0 Å². The van der Waals surface area contributed by atoms with Crippen molar-refractivity contribution in [3.63, 3.8) is 0 Å². The first-order chi connectivity index (χ1) is 12.5. The van der Waals surface area contributed by atoms with Crippen molar-refractivity contribution in [1.82, 2.24) is 19.7 Å². The highest BCUT2D eigenvalue weighted by molar-refractivity contribution is 8.00. The molecule has 26 heavy (non-hydrogen) atoms. The number of sulfone groups is 1. The molecular weight excluding hydrogens is 392 g/mol. The molecule has 6 nitrogen and oxygen atoms in total. The van der Waals surface area contributed by atoms with Crippen LogP contribution >= 0.6 is 23.4 Å². The summed E-state index contributed by atoms with van der Waals surface area (Å²) in [4.78, 5) is 4.28. The van der Waals surface area contributed by atoms with Crippen molar-refractivity contribution in [3.05, 3.63) is 53.8 Å². The predicted octanol–water partition coefficient (Wildman–Crippen LogP) is 3.58. The van der Waals surface area contributed by atoms with E-state index in [4.69, 9.17) is 11.6 Å². The third-order valence-electron chi connectivity index (χ3n) is 3.73. The van der Waals surface area contributed by atoms with Gasteiger partial charge >= 0.3 is 0 Å². The molecule has 2 aromatic heterocycles. The van der Waals surface area contributed by atoms with Crippen molar-refractivity contribution in [2.45, 2.75) is 23.5 Å². The smallest absolute Gasteiger partial charge is 0.191 e. The molecule has 0 spiro atoms. The zero-order valence-electron chi connectivity index (χ0n) is 14.0. The first-order valence-corrected chi connectivity index (χ1v) is 11.0. The lowest BCUT2D eigenvalue weighted by Crippen LogP contribution is -2.09. The van der Waals surface area contributed by atoms with Crippen molar-refractivity contribution in [2.75, 3.05) is 11.5 Å². The number of pyridine rings is 1. The molecule has 0 unspecified atom stereocenters. The monoisotopic (exact) mass is 408 g/mol. The lowest BCUT2D eigenvalue weighted by molar-refractivity contribution is 0.597. The number of rotatable bonds is 7. The van der Waals surface area contributed by atoms with Crippen LogP contribution < -0.4 is 0 Å². The molecule has 0 N–H and O–H groups in total. The van der Waals surface area contributed by atoms with Gasteiger partial charge in [-0.05, 0) is 43.3 Å². The first kappa shape index (κ1) is 18.9. The van der Waals surface area contributed by atoms with Crippen LogP contribution in [0.5, 0.6) is 0 Å². The van der Waals surface area contributed by atoms with Crippen molar-refractivity contribution < 1.29 is 8.42 Å². The molecule has 3 rings (SSSR count). The molecular formula is C17H17ClN4O2S2. The molecule has 2 heterocycles. The van der Waals surface area contributed by atoms with Gasteiger partial charge in [-0.2, -0.15) is 0 Å². The predicted molar refractivity (Wildman–Crippen MR) is 103 cm³/mol. The fraction of sp³-hybridized carbons (Fsp3) is 0.235. The summed E-state index contributed by atoms with van der Waals surface area (Å²) in [6.45, 7) is 2.69. The summed E-state index contributed by atoms with van der Waals surface area (Å²) >= 11 is 7.19. The molecule has 9 heteroatoms. The molecule has 0 fully saturated rings. The Kier molecular flexibility index (Phi) is 5.95. The minimum atomic E-state index is -3.36. The molecule has 1 aromatic carbocycles. The first-order valence-electron chi connectivity index (χ1n) is 7.96. The van der Waals surface area contributed by atoms with Crippen LogP contribution in [0.4, 0.5) is 0 Å². The summed E-state index contributed by atoms with van der Waals surface area (Å²) in [5, 5.41) is 9.66. The van der Waals surface area contributed by atoms with Gasteiger partial charge in [0.2, 0.25) is 0 Å². The number of hydrogen-bond acceptors (Lipinski definition) is 6. The van der Waals surface area contributed by atoms with Crippen molar-refractivity contribution in [2.24, 2.45) is 0 Å². The highest BCUT2D eigenvalue weighted by Gasteiger charge is 2.17. The van der Waals surface area contributed by atoms with E-state index in [1.807, 2.05) is 23.6 Å². The molecule has 0 aliphatic rings.